The van der Waals surface area contributed by atoms with Gasteiger partial charge in [0.25, 0.3) is 11.8 Å². The fourth-order valence-corrected chi connectivity index (χ4v) is 4.23. The number of nitrogens with zero attached hydrogens (tertiary/aromatic N) is 2. The van der Waals surface area contributed by atoms with E-state index in [1.54, 1.807) is 43.9 Å². The number of piperidine rings is 1. The number of hydrogen-bond donors (Lipinski definition) is 2. The number of rotatable bonds is 3. The van der Waals surface area contributed by atoms with Crippen molar-refractivity contribution in [2.75, 3.05) is 18.4 Å². The van der Waals surface area contributed by atoms with Crippen molar-refractivity contribution in [3.05, 3.63) is 29.3 Å². The Hall–Kier alpha value is -3.43. The molecule has 1 aromatic rings. The first-order chi connectivity index (χ1) is 15.0. The maximum Gasteiger partial charge on any atom is 0.410 e. The molecule has 2 saturated heterocycles. The van der Waals surface area contributed by atoms with Gasteiger partial charge in [0.15, 0.2) is 0 Å². The van der Waals surface area contributed by atoms with Crippen LogP contribution in [0.25, 0.3) is 0 Å². The minimum absolute atomic E-state index is 0.0670. The highest BCUT2D eigenvalue weighted by Crippen LogP contribution is 2.33. The van der Waals surface area contributed by atoms with Crippen molar-refractivity contribution in [2.45, 2.75) is 57.7 Å². The van der Waals surface area contributed by atoms with Gasteiger partial charge < -0.3 is 15.0 Å². The number of benzene rings is 1. The zero-order valence-electron chi connectivity index (χ0n) is 18.3. The number of nitrogens with one attached hydrogen (secondary N) is 2. The topological polar surface area (TPSA) is 125 Å². The van der Waals surface area contributed by atoms with Crippen LogP contribution in [0.4, 0.5) is 10.5 Å². The molecule has 3 heterocycles. The average molecular weight is 442 g/mol. The van der Waals surface area contributed by atoms with Gasteiger partial charge in [-0.15, -0.1) is 0 Å². The lowest BCUT2D eigenvalue weighted by molar-refractivity contribution is -0.136. The summed E-state index contributed by atoms with van der Waals surface area (Å²) in [6, 6.07) is 3.78. The molecule has 10 nitrogen and oxygen atoms in total. The van der Waals surface area contributed by atoms with E-state index in [4.69, 9.17) is 4.74 Å². The van der Waals surface area contributed by atoms with Gasteiger partial charge in [-0.1, -0.05) is 6.07 Å². The number of amides is 5. The lowest BCUT2D eigenvalue weighted by Crippen LogP contribution is -2.54. The Kier molecular flexibility index (Phi) is 5.39. The molecule has 0 bridgehead atoms. The summed E-state index contributed by atoms with van der Waals surface area (Å²) >= 11 is 0. The molecule has 1 unspecified atom stereocenters. The molecule has 2 fully saturated rings. The highest BCUT2D eigenvalue weighted by Gasteiger charge is 2.46. The molecule has 0 aliphatic carbocycles. The Bertz CT molecular complexity index is 1010. The monoisotopic (exact) mass is 442 g/mol. The number of ether oxygens (including phenoxy) is 1. The number of imide groups is 2. The number of likely N-dealkylation sites (tertiary alicyclic amines) is 1. The van der Waals surface area contributed by atoms with Gasteiger partial charge in [0.05, 0.1) is 11.1 Å². The molecule has 2 N–H and O–H groups in total. The third-order valence-corrected chi connectivity index (χ3v) is 5.67. The van der Waals surface area contributed by atoms with Crippen molar-refractivity contribution in [3.63, 3.8) is 0 Å². The van der Waals surface area contributed by atoms with Crippen LogP contribution in [-0.4, -0.2) is 70.3 Å². The summed E-state index contributed by atoms with van der Waals surface area (Å²) in [6.07, 6.45) is 0.432. The van der Waals surface area contributed by atoms with Gasteiger partial charge in [-0.2, -0.15) is 0 Å². The van der Waals surface area contributed by atoms with E-state index < -0.39 is 41.4 Å². The molecule has 32 heavy (non-hydrogen) atoms. The highest BCUT2D eigenvalue weighted by molar-refractivity contribution is 6.25. The molecule has 3 aliphatic rings. The van der Waals surface area contributed by atoms with E-state index >= 15 is 0 Å². The maximum absolute atomic E-state index is 13.2. The summed E-state index contributed by atoms with van der Waals surface area (Å²) in [5, 5.41) is 5.47. The van der Waals surface area contributed by atoms with Gasteiger partial charge >= 0.3 is 6.09 Å². The number of anilines is 1. The smallest absolute Gasteiger partial charge is 0.410 e. The van der Waals surface area contributed by atoms with E-state index in [1.807, 2.05) is 0 Å². The molecule has 0 radical (unpaired) electrons. The van der Waals surface area contributed by atoms with Crippen molar-refractivity contribution in [3.8, 4) is 0 Å². The van der Waals surface area contributed by atoms with Crippen LogP contribution < -0.4 is 10.6 Å². The van der Waals surface area contributed by atoms with Crippen molar-refractivity contribution in [1.29, 1.82) is 0 Å². The normalized spacial score (nSPS) is 23.3. The maximum atomic E-state index is 13.2. The molecule has 3 aliphatic heterocycles. The molecule has 0 aromatic heterocycles. The van der Waals surface area contributed by atoms with Crippen molar-refractivity contribution in [2.24, 2.45) is 0 Å². The first-order valence-corrected chi connectivity index (χ1v) is 10.6. The highest BCUT2D eigenvalue weighted by atomic mass is 16.6. The van der Waals surface area contributed by atoms with Crippen LogP contribution in [0.1, 0.15) is 60.7 Å². The second-order valence-corrected chi connectivity index (χ2v) is 9.23. The van der Waals surface area contributed by atoms with Crippen LogP contribution in [0.15, 0.2) is 18.2 Å². The second-order valence-electron chi connectivity index (χ2n) is 9.23. The predicted molar refractivity (Wildman–Crippen MR) is 113 cm³/mol. The lowest BCUT2D eigenvalue weighted by Gasteiger charge is -2.28. The van der Waals surface area contributed by atoms with E-state index in [0.29, 0.717) is 25.2 Å². The van der Waals surface area contributed by atoms with Gasteiger partial charge in [-0.3, -0.25) is 29.4 Å². The zero-order chi connectivity index (χ0) is 23.2. The minimum atomic E-state index is -1.01. The van der Waals surface area contributed by atoms with Crippen LogP contribution in [0.2, 0.25) is 0 Å². The molecule has 0 saturated carbocycles. The van der Waals surface area contributed by atoms with E-state index in [9.17, 15) is 24.0 Å². The van der Waals surface area contributed by atoms with E-state index in [2.05, 4.69) is 10.6 Å². The van der Waals surface area contributed by atoms with Gasteiger partial charge in [0.2, 0.25) is 11.8 Å². The summed E-state index contributed by atoms with van der Waals surface area (Å²) in [5.74, 6) is -2.18. The van der Waals surface area contributed by atoms with Gasteiger partial charge in [-0.05, 0) is 45.7 Å². The van der Waals surface area contributed by atoms with Gasteiger partial charge in [-0.25, -0.2) is 4.79 Å². The fourth-order valence-electron chi connectivity index (χ4n) is 4.23. The summed E-state index contributed by atoms with van der Waals surface area (Å²) in [5.41, 5.74) is 0.311. The Morgan fingerprint density at radius 1 is 1.12 bits per heavy atom. The van der Waals surface area contributed by atoms with E-state index in [-0.39, 0.29) is 30.0 Å². The van der Waals surface area contributed by atoms with Crippen LogP contribution in [-0.2, 0) is 14.3 Å². The minimum Gasteiger partial charge on any atom is -0.444 e. The van der Waals surface area contributed by atoms with E-state index in [0.717, 1.165) is 4.90 Å². The molecule has 1 aromatic carbocycles. The van der Waals surface area contributed by atoms with Crippen molar-refractivity contribution >= 4 is 35.4 Å². The number of fused-ring (bicyclic) bond motifs is 1. The lowest BCUT2D eigenvalue weighted by atomic mass is 10.0. The molecule has 5 amide bonds. The Labute approximate surface area is 185 Å². The van der Waals surface area contributed by atoms with Gasteiger partial charge in [0, 0.05) is 31.2 Å². The molecule has 10 heteroatoms. The average Bonchev–Trinajstić information content (AvgIpc) is 3.25. The summed E-state index contributed by atoms with van der Waals surface area (Å²) in [4.78, 5) is 64.7. The molecule has 170 valence electrons. The Balaban J connectivity index is 1.50. The fraction of sp³-hybridized carbons (Fsp3) is 0.500. The number of carbonyl (C=O) groups is 5. The summed E-state index contributed by atoms with van der Waals surface area (Å²) in [7, 11) is 0. The Morgan fingerprint density at radius 3 is 2.56 bits per heavy atom. The summed E-state index contributed by atoms with van der Waals surface area (Å²) in [6.45, 7) is 6.33. The first kappa shape index (κ1) is 21.8. The molecular formula is C22H26N4O6. The van der Waals surface area contributed by atoms with Crippen LogP contribution in [0.5, 0.6) is 0 Å². The SMILES string of the molecule is CC(C)(C)OC(=O)N1CC[C@@H](Nc2cccc3c2C(=O)N(C2CCC(=O)NC2=O)C3=O)C1. The number of hydrogen-bond acceptors (Lipinski definition) is 7. The third-order valence-electron chi connectivity index (χ3n) is 5.67. The third kappa shape index (κ3) is 4.04. The molecule has 2 atom stereocenters. The van der Waals surface area contributed by atoms with Crippen molar-refractivity contribution < 1.29 is 28.7 Å². The van der Waals surface area contributed by atoms with Gasteiger partial charge in [0.1, 0.15) is 11.6 Å². The number of carbonyl (C=O) groups excluding carboxylic acids is 5. The first-order valence-electron chi connectivity index (χ1n) is 10.6. The van der Waals surface area contributed by atoms with Crippen LogP contribution in [0.3, 0.4) is 0 Å². The molecule has 0 spiro atoms. The summed E-state index contributed by atoms with van der Waals surface area (Å²) < 4.78 is 5.42. The zero-order valence-corrected chi connectivity index (χ0v) is 18.3. The predicted octanol–water partition coefficient (Wildman–Crippen LogP) is 1.51. The van der Waals surface area contributed by atoms with E-state index in [1.165, 1.54) is 0 Å². The Morgan fingerprint density at radius 2 is 1.88 bits per heavy atom. The van der Waals surface area contributed by atoms with Crippen LogP contribution >= 0.6 is 0 Å². The quantitative estimate of drug-likeness (QED) is 0.680. The molecule has 4 rings (SSSR count). The van der Waals surface area contributed by atoms with Crippen molar-refractivity contribution in [1.82, 2.24) is 15.1 Å². The largest absolute Gasteiger partial charge is 0.444 e. The molecular weight excluding hydrogens is 416 g/mol. The van der Waals surface area contributed by atoms with Crippen LogP contribution in [0, 0.1) is 0 Å². The second kappa shape index (κ2) is 7.92. The standard InChI is InChI=1S/C22H26N4O6/c1-22(2,3)32-21(31)25-10-9-12(11-25)23-14-6-4-5-13-17(14)20(30)26(19(13)29)15-7-8-16(27)24-18(15)28/h4-6,12,15,23H,7-11H2,1-3H3,(H,24,27,28)/t12-,15?/m1/s1.